The Morgan fingerprint density at radius 2 is 0.500 bits per heavy atom. The van der Waals surface area contributed by atoms with Gasteiger partial charge in [0.25, 0.3) is 0 Å². The van der Waals surface area contributed by atoms with Gasteiger partial charge in [0, 0.05) is 67.7 Å². The molecule has 0 amide bonds. The molecule has 0 aromatic carbocycles. The Morgan fingerprint density at radius 1 is 0.500 bits per heavy atom. The Kier molecular flexibility index (Phi) is 181. The third kappa shape index (κ3) is 8.96. The van der Waals surface area contributed by atoms with Crippen LogP contribution in [0.15, 0.2) is 0 Å². The van der Waals surface area contributed by atoms with Gasteiger partial charge in [-0.15, -0.1) is 0 Å². The molecular weight excluding hydrogens is 229 g/mol. The minimum absolute atomic E-state index is 0. The van der Waals surface area contributed by atoms with Crippen molar-refractivity contribution in [1.29, 1.82) is 0 Å². The van der Waals surface area contributed by atoms with Crippen molar-refractivity contribution in [1.82, 2.24) is 0 Å². The Balaban J connectivity index is 0. The van der Waals surface area contributed by atoms with Gasteiger partial charge < -0.3 is 0 Å². The van der Waals surface area contributed by atoms with Crippen LogP contribution in [-0.2, 0) is 67.7 Å². The first-order valence-corrected chi connectivity index (χ1v) is 0. The maximum absolute atomic E-state index is 0. The molecule has 0 saturated carbocycles. The van der Waals surface area contributed by atoms with Crippen LogP contribution in [0.25, 0.3) is 0 Å². The predicted molar refractivity (Wildman–Crippen MR) is 0 cm³/mol. The quantitative estimate of drug-likeness (QED) is 0.547. The molecule has 0 aliphatic carbocycles. The van der Waals surface area contributed by atoms with Gasteiger partial charge in [-0.2, -0.15) is 0 Å². The minimum Gasteiger partial charge on any atom is 0 e. The van der Waals surface area contributed by atoms with Crippen molar-refractivity contribution in [2.24, 2.45) is 0 Å². The first-order valence-electron chi connectivity index (χ1n) is 0. The monoisotopic (exact) mass is 229 g/mol. The summed E-state index contributed by atoms with van der Waals surface area (Å²) >= 11 is 0. The van der Waals surface area contributed by atoms with E-state index in [9.17, 15) is 0 Å². The van der Waals surface area contributed by atoms with Crippen molar-refractivity contribution in [3.8, 4) is 0 Å². The molecule has 0 atom stereocenters. The fourth-order valence-corrected chi connectivity index (χ4v) is 0. The van der Waals surface area contributed by atoms with E-state index in [0.717, 1.165) is 0 Å². The summed E-state index contributed by atoms with van der Waals surface area (Å²) in [6, 6.07) is 0. The summed E-state index contributed by atoms with van der Waals surface area (Å²) in [4.78, 5) is 0. The van der Waals surface area contributed by atoms with Crippen molar-refractivity contribution in [3.05, 3.63) is 0 Å². The van der Waals surface area contributed by atoms with Crippen LogP contribution < -0.4 is 0 Å². The van der Waals surface area contributed by atoms with Crippen LogP contribution in [0.1, 0.15) is 0 Å². The molecule has 0 spiro atoms. The van der Waals surface area contributed by atoms with Gasteiger partial charge >= 0.3 is 0 Å². The maximum atomic E-state index is 0. The molecular formula is Co3Cr. The van der Waals surface area contributed by atoms with Gasteiger partial charge in [-0.3, -0.25) is 0 Å². The summed E-state index contributed by atoms with van der Waals surface area (Å²) in [5.41, 5.74) is 0. The molecule has 0 aromatic rings. The summed E-state index contributed by atoms with van der Waals surface area (Å²) in [6.07, 6.45) is 0. The Hall–Kier alpha value is 2.05. The molecule has 0 rings (SSSR count). The van der Waals surface area contributed by atoms with E-state index in [2.05, 4.69) is 0 Å². The largest absolute Gasteiger partial charge is 0 e. The van der Waals surface area contributed by atoms with Crippen LogP contribution in [0, 0.1) is 0 Å². The molecule has 0 bridgehead atoms. The van der Waals surface area contributed by atoms with Gasteiger partial charge in [0.15, 0.2) is 0 Å². The molecule has 0 heterocycles. The van der Waals surface area contributed by atoms with Gasteiger partial charge in [0.1, 0.15) is 0 Å². The average Bonchev–Trinajstić information content (AvgIpc) is 0. The second kappa shape index (κ2) is 19.7. The Bertz CT molecular complexity index is 3.25. The van der Waals surface area contributed by atoms with E-state index in [0.29, 0.717) is 0 Å². The van der Waals surface area contributed by atoms with E-state index in [4.69, 9.17) is 0 Å². The van der Waals surface area contributed by atoms with E-state index in [1.165, 1.54) is 0 Å². The fraction of sp³-hybridized carbons (Fsp3) is 0. The first-order chi connectivity index (χ1) is 0. The number of rotatable bonds is 0. The zero-order valence-corrected chi connectivity index (χ0v) is 5.81. The molecule has 4 heteroatoms. The number of hydrogen-bond donors (Lipinski definition) is 0. The van der Waals surface area contributed by atoms with E-state index in [1.54, 1.807) is 0 Å². The smallest absolute Gasteiger partial charge is 0 e. The molecule has 0 aliphatic rings. The molecule has 0 saturated heterocycles. The topological polar surface area (TPSA) is 0 Å². The van der Waals surface area contributed by atoms with Crippen LogP contribution in [0.5, 0.6) is 0 Å². The molecule has 0 N–H and O–H groups in total. The minimum atomic E-state index is 0. The van der Waals surface area contributed by atoms with Crippen molar-refractivity contribution < 1.29 is 67.7 Å². The molecule has 3 radical (unpaired) electrons. The maximum Gasteiger partial charge on any atom is 0 e. The van der Waals surface area contributed by atoms with E-state index in [1.807, 2.05) is 0 Å². The van der Waals surface area contributed by atoms with Crippen molar-refractivity contribution >= 4 is 0 Å². The van der Waals surface area contributed by atoms with Gasteiger partial charge in [-0.25, -0.2) is 0 Å². The van der Waals surface area contributed by atoms with Crippen LogP contribution in [0.3, 0.4) is 0 Å². The fourth-order valence-electron chi connectivity index (χ4n) is 0. The Labute approximate surface area is 67.2 Å². The Morgan fingerprint density at radius 3 is 0.500 bits per heavy atom. The van der Waals surface area contributed by atoms with Crippen LogP contribution in [0.4, 0.5) is 0 Å². The summed E-state index contributed by atoms with van der Waals surface area (Å²) in [6.45, 7) is 0. The molecule has 0 nitrogen and oxygen atoms in total. The average molecular weight is 229 g/mol. The number of hydrogen-bond acceptors (Lipinski definition) is 0. The summed E-state index contributed by atoms with van der Waals surface area (Å²) in [5.74, 6) is 0. The zero-order valence-electron chi connectivity index (χ0n) is 1.41. The van der Waals surface area contributed by atoms with E-state index >= 15 is 0 Å². The molecule has 0 fully saturated rings. The zero-order chi connectivity index (χ0) is 0. The molecule has 0 aromatic heterocycles. The third-order valence-corrected chi connectivity index (χ3v) is 0. The van der Waals surface area contributed by atoms with Gasteiger partial charge in [-0.05, 0) is 0 Å². The normalized spacial score (nSPS) is 0. The first kappa shape index (κ1) is 36.7. The van der Waals surface area contributed by atoms with Gasteiger partial charge in [0.05, 0.1) is 0 Å². The predicted octanol–water partition coefficient (Wildman–Crippen LogP) is -0.0100. The standard InChI is InChI=1S/3Co.Cr. The second-order valence-electron chi connectivity index (χ2n) is 0. The third-order valence-electron chi connectivity index (χ3n) is 0. The summed E-state index contributed by atoms with van der Waals surface area (Å²) in [5, 5.41) is 0. The van der Waals surface area contributed by atoms with Crippen LogP contribution in [-0.4, -0.2) is 0 Å². The summed E-state index contributed by atoms with van der Waals surface area (Å²) in [7, 11) is 0. The van der Waals surface area contributed by atoms with Crippen LogP contribution >= 0.6 is 0 Å². The second-order valence-corrected chi connectivity index (χ2v) is 0. The van der Waals surface area contributed by atoms with Gasteiger partial charge in [-0.1, -0.05) is 0 Å². The van der Waals surface area contributed by atoms with Crippen molar-refractivity contribution in [2.75, 3.05) is 0 Å². The van der Waals surface area contributed by atoms with Crippen molar-refractivity contribution in [3.63, 3.8) is 0 Å². The SMILES string of the molecule is [Co].[Co].[Co].[Cr]. The molecule has 0 aliphatic heterocycles. The molecule has 0 unspecified atom stereocenters. The molecule has 4 heavy (non-hydrogen) atoms. The van der Waals surface area contributed by atoms with E-state index < -0.39 is 0 Å². The molecule has 33 valence electrons. The van der Waals surface area contributed by atoms with Crippen LogP contribution in [0.2, 0.25) is 0 Å². The van der Waals surface area contributed by atoms with E-state index in [-0.39, 0.29) is 67.7 Å². The summed E-state index contributed by atoms with van der Waals surface area (Å²) < 4.78 is 0. The van der Waals surface area contributed by atoms with Crippen molar-refractivity contribution in [2.45, 2.75) is 0 Å². The van der Waals surface area contributed by atoms with Gasteiger partial charge in [0.2, 0.25) is 0 Å².